The number of hydrogen-bond acceptors (Lipinski definition) is 2. The summed E-state index contributed by atoms with van der Waals surface area (Å²) >= 11 is 3.31. The Morgan fingerprint density at radius 3 is 2.85 bits per heavy atom. The average molecular weight is 338 g/mol. The summed E-state index contributed by atoms with van der Waals surface area (Å²) in [5.74, 6) is -0.305. The maximum absolute atomic E-state index is 13.5. The van der Waals surface area contributed by atoms with Crippen molar-refractivity contribution >= 4 is 27.5 Å². The Labute approximate surface area is 124 Å². The van der Waals surface area contributed by atoms with Crippen LogP contribution in [0.1, 0.15) is 5.56 Å². The van der Waals surface area contributed by atoms with E-state index in [0.29, 0.717) is 5.75 Å². The maximum atomic E-state index is 13.5. The summed E-state index contributed by atoms with van der Waals surface area (Å²) in [7, 11) is 0. The molecule has 3 nitrogen and oxygen atoms in total. The van der Waals surface area contributed by atoms with Gasteiger partial charge < -0.3 is 10.1 Å². The van der Waals surface area contributed by atoms with Gasteiger partial charge in [0.15, 0.2) is 6.61 Å². The number of carbonyl (C=O) groups excluding carboxylic acids is 1. The highest BCUT2D eigenvalue weighted by Crippen LogP contribution is 2.18. The zero-order valence-corrected chi connectivity index (χ0v) is 12.4. The molecule has 0 bridgehead atoms. The van der Waals surface area contributed by atoms with Gasteiger partial charge in [-0.05, 0) is 42.8 Å². The molecule has 0 aromatic heterocycles. The largest absolute Gasteiger partial charge is 0.484 e. The highest BCUT2D eigenvalue weighted by Gasteiger charge is 2.08. The predicted octanol–water partition coefficient (Wildman–Crippen LogP) is 3.91. The van der Waals surface area contributed by atoms with Gasteiger partial charge in [0, 0.05) is 4.47 Å². The summed E-state index contributed by atoms with van der Waals surface area (Å²) in [5, 5.41) is 2.49. The molecule has 0 unspecified atom stereocenters. The second-order valence-electron chi connectivity index (χ2n) is 4.28. The minimum atomic E-state index is -0.466. The Morgan fingerprint density at radius 2 is 2.10 bits per heavy atom. The first-order valence-electron chi connectivity index (χ1n) is 5.99. The van der Waals surface area contributed by atoms with E-state index in [1.807, 2.05) is 13.0 Å². The van der Waals surface area contributed by atoms with Gasteiger partial charge in [0.1, 0.15) is 11.6 Å². The minimum Gasteiger partial charge on any atom is -0.484 e. The third kappa shape index (κ3) is 4.06. The van der Waals surface area contributed by atoms with Crippen LogP contribution in [0, 0.1) is 12.7 Å². The molecule has 2 rings (SSSR count). The zero-order valence-electron chi connectivity index (χ0n) is 10.8. The number of halogens is 2. The molecule has 5 heteroatoms. The molecule has 2 aromatic carbocycles. The molecule has 0 spiro atoms. The monoisotopic (exact) mass is 337 g/mol. The van der Waals surface area contributed by atoms with Crippen LogP contribution in [-0.2, 0) is 4.79 Å². The van der Waals surface area contributed by atoms with Crippen LogP contribution >= 0.6 is 15.9 Å². The Bertz CT molecular complexity index is 631. The third-order valence-corrected chi connectivity index (χ3v) is 3.06. The SMILES string of the molecule is Cc1ccc(F)c(NC(=O)COc2cccc(Br)c2)c1. The van der Waals surface area contributed by atoms with Gasteiger partial charge in [0.25, 0.3) is 5.91 Å². The van der Waals surface area contributed by atoms with Gasteiger partial charge in [-0.2, -0.15) is 0 Å². The Morgan fingerprint density at radius 1 is 1.30 bits per heavy atom. The first-order valence-corrected chi connectivity index (χ1v) is 6.78. The van der Waals surface area contributed by atoms with Crippen LogP contribution in [0.4, 0.5) is 10.1 Å². The van der Waals surface area contributed by atoms with Gasteiger partial charge in [0.2, 0.25) is 0 Å². The van der Waals surface area contributed by atoms with E-state index >= 15 is 0 Å². The van der Waals surface area contributed by atoms with Crippen molar-refractivity contribution in [3.8, 4) is 5.75 Å². The Hall–Kier alpha value is -1.88. The fourth-order valence-electron chi connectivity index (χ4n) is 1.63. The molecule has 1 amide bonds. The molecule has 0 aliphatic carbocycles. The smallest absolute Gasteiger partial charge is 0.262 e. The molecule has 104 valence electrons. The molecular weight excluding hydrogens is 325 g/mol. The van der Waals surface area contributed by atoms with Crippen molar-refractivity contribution in [1.82, 2.24) is 0 Å². The van der Waals surface area contributed by atoms with Crippen molar-refractivity contribution in [3.63, 3.8) is 0 Å². The van der Waals surface area contributed by atoms with Crippen molar-refractivity contribution in [1.29, 1.82) is 0 Å². The van der Waals surface area contributed by atoms with Crippen LogP contribution in [0.15, 0.2) is 46.9 Å². The van der Waals surface area contributed by atoms with Gasteiger partial charge >= 0.3 is 0 Å². The molecule has 0 saturated heterocycles. The third-order valence-electron chi connectivity index (χ3n) is 2.56. The van der Waals surface area contributed by atoms with E-state index in [1.54, 1.807) is 30.3 Å². The van der Waals surface area contributed by atoms with Crippen molar-refractivity contribution < 1.29 is 13.9 Å². The molecular formula is C15H13BrFNO2. The Balaban J connectivity index is 1.94. The van der Waals surface area contributed by atoms with Crippen LogP contribution in [0.5, 0.6) is 5.75 Å². The molecule has 0 heterocycles. The van der Waals surface area contributed by atoms with E-state index < -0.39 is 11.7 Å². The molecule has 0 radical (unpaired) electrons. The van der Waals surface area contributed by atoms with E-state index in [1.165, 1.54) is 6.07 Å². The number of anilines is 1. The lowest BCUT2D eigenvalue weighted by molar-refractivity contribution is -0.118. The summed E-state index contributed by atoms with van der Waals surface area (Å²) in [6.07, 6.45) is 0. The second-order valence-corrected chi connectivity index (χ2v) is 5.19. The molecule has 0 atom stereocenters. The normalized spacial score (nSPS) is 10.2. The number of ether oxygens (including phenoxy) is 1. The number of benzene rings is 2. The predicted molar refractivity (Wildman–Crippen MR) is 79.4 cm³/mol. The number of aryl methyl sites for hydroxylation is 1. The zero-order chi connectivity index (χ0) is 14.5. The minimum absolute atomic E-state index is 0.160. The number of hydrogen-bond donors (Lipinski definition) is 1. The van der Waals surface area contributed by atoms with E-state index in [0.717, 1.165) is 10.0 Å². The highest BCUT2D eigenvalue weighted by molar-refractivity contribution is 9.10. The highest BCUT2D eigenvalue weighted by atomic mass is 79.9. The van der Waals surface area contributed by atoms with Gasteiger partial charge in [-0.1, -0.05) is 28.1 Å². The molecule has 0 aliphatic rings. The van der Waals surface area contributed by atoms with E-state index in [4.69, 9.17) is 4.74 Å². The lowest BCUT2D eigenvalue weighted by Gasteiger charge is -2.09. The van der Waals surface area contributed by atoms with Crippen molar-refractivity contribution in [2.45, 2.75) is 6.92 Å². The van der Waals surface area contributed by atoms with Crippen LogP contribution in [-0.4, -0.2) is 12.5 Å². The van der Waals surface area contributed by atoms with Gasteiger partial charge in [-0.25, -0.2) is 4.39 Å². The summed E-state index contributed by atoms with van der Waals surface area (Å²) in [6, 6.07) is 11.7. The maximum Gasteiger partial charge on any atom is 0.262 e. The number of rotatable bonds is 4. The summed E-state index contributed by atoms with van der Waals surface area (Å²) in [4.78, 5) is 11.7. The summed E-state index contributed by atoms with van der Waals surface area (Å²) in [6.45, 7) is 1.65. The molecule has 20 heavy (non-hydrogen) atoms. The lowest BCUT2D eigenvalue weighted by Crippen LogP contribution is -2.20. The fourth-order valence-corrected chi connectivity index (χ4v) is 2.01. The molecule has 0 fully saturated rings. The molecule has 2 aromatic rings. The molecule has 1 N–H and O–H groups in total. The summed E-state index contributed by atoms with van der Waals surface area (Å²) < 4.78 is 19.7. The topological polar surface area (TPSA) is 38.3 Å². The molecule has 0 saturated carbocycles. The van der Waals surface area contributed by atoms with Gasteiger partial charge in [-0.3, -0.25) is 4.79 Å². The average Bonchev–Trinajstić information content (AvgIpc) is 2.41. The van der Waals surface area contributed by atoms with Crippen LogP contribution in [0.25, 0.3) is 0 Å². The first kappa shape index (κ1) is 14.5. The van der Waals surface area contributed by atoms with Gasteiger partial charge in [-0.15, -0.1) is 0 Å². The quantitative estimate of drug-likeness (QED) is 0.918. The number of nitrogens with one attached hydrogen (secondary N) is 1. The van der Waals surface area contributed by atoms with E-state index in [2.05, 4.69) is 21.2 Å². The van der Waals surface area contributed by atoms with E-state index in [-0.39, 0.29) is 12.3 Å². The van der Waals surface area contributed by atoms with Crippen molar-refractivity contribution in [2.24, 2.45) is 0 Å². The summed E-state index contributed by atoms with van der Waals surface area (Å²) in [5.41, 5.74) is 1.03. The van der Waals surface area contributed by atoms with Crippen LogP contribution < -0.4 is 10.1 Å². The van der Waals surface area contributed by atoms with Gasteiger partial charge in [0.05, 0.1) is 5.69 Å². The van der Waals surface area contributed by atoms with Crippen molar-refractivity contribution in [3.05, 3.63) is 58.3 Å². The fraction of sp³-hybridized carbons (Fsp3) is 0.133. The molecule has 0 aliphatic heterocycles. The lowest BCUT2D eigenvalue weighted by atomic mass is 10.2. The first-order chi connectivity index (χ1) is 9.54. The van der Waals surface area contributed by atoms with E-state index in [9.17, 15) is 9.18 Å². The van der Waals surface area contributed by atoms with Crippen molar-refractivity contribution in [2.75, 3.05) is 11.9 Å². The van der Waals surface area contributed by atoms with Crippen LogP contribution in [0.2, 0.25) is 0 Å². The standard InChI is InChI=1S/C15H13BrFNO2/c1-10-5-6-13(17)14(7-10)18-15(19)9-20-12-4-2-3-11(16)8-12/h2-8H,9H2,1H3,(H,18,19). The van der Waals surface area contributed by atoms with Crippen LogP contribution in [0.3, 0.4) is 0 Å². The number of amides is 1. The Kier molecular flexibility index (Phi) is 4.74. The second kappa shape index (κ2) is 6.52. The number of carbonyl (C=O) groups is 1.